The number of carbonyl (C=O) groups is 1. The van der Waals surface area contributed by atoms with Crippen LogP contribution < -0.4 is 4.90 Å². The lowest BCUT2D eigenvalue weighted by atomic mass is 10.1. The predicted molar refractivity (Wildman–Crippen MR) is 92.1 cm³/mol. The molecule has 0 fully saturated rings. The molecular weight excluding hydrogens is 327 g/mol. The maximum Gasteiger partial charge on any atom is 0.471 e. The molecule has 0 unspecified atom stereocenters. The Hall–Kier alpha value is -3.00. The highest BCUT2D eigenvalue weighted by Gasteiger charge is 2.43. The van der Waals surface area contributed by atoms with Gasteiger partial charge in [-0.15, -0.1) is 0 Å². The summed E-state index contributed by atoms with van der Waals surface area (Å²) in [5.41, 5.74) is 1.61. The molecule has 0 radical (unpaired) electrons. The number of alkyl halides is 3. The molecule has 0 saturated carbocycles. The van der Waals surface area contributed by atoms with Crippen molar-refractivity contribution in [2.75, 3.05) is 11.4 Å². The number of amides is 1. The van der Waals surface area contributed by atoms with Gasteiger partial charge in [-0.05, 0) is 31.2 Å². The van der Waals surface area contributed by atoms with Crippen LogP contribution in [0.2, 0.25) is 0 Å². The van der Waals surface area contributed by atoms with Gasteiger partial charge in [0.2, 0.25) is 0 Å². The van der Waals surface area contributed by atoms with Crippen LogP contribution in [0.5, 0.6) is 0 Å². The molecule has 0 spiro atoms. The lowest BCUT2D eigenvalue weighted by Crippen LogP contribution is -2.42. The molecule has 0 bridgehead atoms. The Morgan fingerprint density at radius 3 is 2.24 bits per heavy atom. The summed E-state index contributed by atoms with van der Waals surface area (Å²) >= 11 is 0. The van der Waals surface area contributed by atoms with Crippen molar-refractivity contribution in [1.29, 1.82) is 0 Å². The van der Waals surface area contributed by atoms with Crippen LogP contribution in [0.25, 0.3) is 0 Å². The van der Waals surface area contributed by atoms with Crippen LogP contribution in [-0.2, 0) is 4.79 Å². The molecule has 2 rings (SSSR count). The SMILES string of the molecule is C=C(C)CN(C(=O)C(F)(F)F)c1ccccc1C#Cc1ccccc1. The normalized spacial score (nSPS) is 10.6. The molecule has 0 saturated heterocycles. The van der Waals surface area contributed by atoms with E-state index < -0.39 is 12.1 Å². The molecule has 0 N–H and O–H groups in total. The van der Waals surface area contributed by atoms with E-state index in [9.17, 15) is 18.0 Å². The summed E-state index contributed by atoms with van der Waals surface area (Å²) in [5, 5.41) is 0. The molecular formula is C20H16F3NO. The largest absolute Gasteiger partial charge is 0.471 e. The number of anilines is 1. The number of carbonyl (C=O) groups excluding carboxylic acids is 1. The van der Waals surface area contributed by atoms with E-state index in [-0.39, 0.29) is 12.2 Å². The maximum atomic E-state index is 13.0. The molecule has 0 aliphatic rings. The topological polar surface area (TPSA) is 20.3 Å². The average Bonchev–Trinajstić information content (AvgIpc) is 2.57. The smallest absolute Gasteiger partial charge is 0.299 e. The third-order valence-electron chi connectivity index (χ3n) is 3.23. The maximum absolute atomic E-state index is 13.0. The zero-order valence-corrected chi connectivity index (χ0v) is 13.6. The quantitative estimate of drug-likeness (QED) is 0.591. The van der Waals surface area contributed by atoms with Crippen LogP contribution in [0.1, 0.15) is 18.1 Å². The molecule has 5 heteroatoms. The van der Waals surface area contributed by atoms with Gasteiger partial charge in [-0.1, -0.05) is 54.3 Å². The van der Waals surface area contributed by atoms with Gasteiger partial charge in [0.05, 0.1) is 5.69 Å². The van der Waals surface area contributed by atoms with E-state index in [4.69, 9.17) is 0 Å². The molecule has 0 heterocycles. The van der Waals surface area contributed by atoms with Crippen LogP contribution in [0.15, 0.2) is 66.7 Å². The van der Waals surface area contributed by atoms with E-state index in [1.807, 2.05) is 18.2 Å². The monoisotopic (exact) mass is 343 g/mol. The molecule has 0 aliphatic carbocycles. The second kappa shape index (κ2) is 7.71. The fourth-order valence-electron chi connectivity index (χ4n) is 2.17. The highest BCUT2D eigenvalue weighted by atomic mass is 19.4. The first-order valence-corrected chi connectivity index (χ1v) is 7.48. The first-order valence-electron chi connectivity index (χ1n) is 7.48. The number of hydrogen-bond acceptors (Lipinski definition) is 1. The number of rotatable bonds is 3. The van der Waals surface area contributed by atoms with Crippen molar-refractivity contribution in [3.8, 4) is 11.8 Å². The minimum atomic E-state index is -4.98. The van der Waals surface area contributed by atoms with Crippen molar-refractivity contribution in [3.63, 3.8) is 0 Å². The van der Waals surface area contributed by atoms with Crippen LogP contribution in [-0.4, -0.2) is 18.6 Å². The van der Waals surface area contributed by atoms with E-state index >= 15 is 0 Å². The first kappa shape index (κ1) is 18.3. The Kier molecular flexibility index (Phi) is 5.66. The number of nitrogens with zero attached hydrogens (tertiary/aromatic N) is 1. The Morgan fingerprint density at radius 1 is 1.04 bits per heavy atom. The molecule has 0 aliphatic heterocycles. The van der Waals surface area contributed by atoms with Gasteiger partial charge in [0.25, 0.3) is 0 Å². The van der Waals surface area contributed by atoms with Crippen molar-refractivity contribution < 1.29 is 18.0 Å². The second-order valence-electron chi connectivity index (χ2n) is 5.48. The summed E-state index contributed by atoms with van der Waals surface area (Å²) < 4.78 is 38.9. The predicted octanol–water partition coefficient (Wildman–Crippen LogP) is 4.56. The van der Waals surface area contributed by atoms with Gasteiger partial charge in [-0.3, -0.25) is 9.69 Å². The average molecular weight is 343 g/mol. The van der Waals surface area contributed by atoms with E-state index in [1.54, 1.807) is 37.3 Å². The summed E-state index contributed by atoms with van der Waals surface area (Å²) in [7, 11) is 0. The highest BCUT2D eigenvalue weighted by Crippen LogP contribution is 2.27. The summed E-state index contributed by atoms with van der Waals surface area (Å²) in [5.74, 6) is 3.80. The van der Waals surface area contributed by atoms with Gasteiger partial charge in [0.15, 0.2) is 0 Å². The number of halogens is 3. The van der Waals surface area contributed by atoms with Gasteiger partial charge < -0.3 is 0 Å². The number of benzene rings is 2. The summed E-state index contributed by atoms with van der Waals surface area (Å²) in [4.78, 5) is 12.5. The zero-order valence-electron chi connectivity index (χ0n) is 13.6. The van der Waals surface area contributed by atoms with Crippen molar-refractivity contribution >= 4 is 11.6 Å². The van der Waals surface area contributed by atoms with E-state index in [0.29, 0.717) is 16.0 Å². The zero-order chi connectivity index (χ0) is 18.4. The van der Waals surface area contributed by atoms with Crippen LogP contribution in [0.4, 0.5) is 18.9 Å². The molecule has 2 nitrogen and oxygen atoms in total. The molecule has 128 valence electrons. The Morgan fingerprint density at radius 2 is 1.64 bits per heavy atom. The third kappa shape index (κ3) is 4.98. The minimum Gasteiger partial charge on any atom is -0.299 e. The van der Waals surface area contributed by atoms with Crippen molar-refractivity contribution in [3.05, 3.63) is 77.9 Å². The van der Waals surface area contributed by atoms with Crippen LogP contribution in [0, 0.1) is 11.8 Å². The summed E-state index contributed by atoms with van der Waals surface area (Å²) in [6, 6.07) is 15.3. The standard InChI is InChI=1S/C20H16F3NO/c1-15(2)14-24(19(25)20(21,22)23)18-11-7-6-10-17(18)13-12-16-8-4-3-5-9-16/h3-11H,1,14H2,2H3. The second-order valence-corrected chi connectivity index (χ2v) is 5.48. The lowest BCUT2D eigenvalue weighted by Gasteiger charge is -2.25. The van der Waals surface area contributed by atoms with Crippen LogP contribution >= 0.6 is 0 Å². The van der Waals surface area contributed by atoms with E-state index in [2.05, 4.69) is 18.4 Å². The summed E-state index contributed by atoms with van der Waals surface area (Å²) in [6.07, 6.45) is -4.98. The minimum absolute atomic E-state index is 0.108. The highest BCUT2D eigenvalue weighted by molar-refractivity contribution is 5.98. The molecule has 2 aromatic rings. The van der Waals surface area contributed by atoms with Crippen LogP contribution in [0.3, 0.4) is 0 Å². The molecule has 0 aromatic heterocycles. The van der Waals surface area contributed by atoms with Gasteiger partial charge >= 0.3 is 12.1 Å². The third-order valence-corrected chi connectivity index (χ3v) is 3.23. The number of para-hydroxylation sites is 1. The van der Waals surface area contributed by atoms with Crippen molar-refractivity contribution in [1.82, 2.24) is 0 Å². The Balaban J connectivity index is 2.47. The summed E-state index contributed by atoms with van der Waals surface area (Å²) in [6.45, 7) is 4.94. The molecule has 1 amide bonds. The number of hydrogen-bond donors (Lipinski definition) is 0. The Bertz CT molecular complexity index is 829. The fraction of sp³-hybridized carbons (Fsp3) is 0.150. The van der Waals surface area contributed by atoms with Crippen molar-refractivity contribution in [2.45, 2.75) is 13.1 Å². The van der Waals surface area contributed by atoms with E-state index in [1.165, 1.54) is 6.07 Å². The van der Waals surface area contributed by atoms with Crippen molar-refractivity contribution in [2.24, 2.45) is 0 Å². The molecule has 0 atom stereocenters. The van der Waals surface area contributed by atoms with Gasteiger partial charge in [0, 0.05) is 17.7 Å². The lowest BCUT2D eigenvalue weighted by molar-refractivity contribution is -0.170. The van der Waals surface area contributed by atoms with Gasteiger partial charge in [0.1, 0.15) is 0 Å². The Labute approximate surface area is 144 Å². The van der Waals surface area contributed by atoms with Gasteiger partial charge in [-0.2, -0.15) is 13.2 Å². The fourth-order valence-corrected chi connectivity index (χ4v) is 2.17. The van der Waals surface area contributed by atoms with E-state index in [0.717, 1.165) is 5.56 Å². The first-order chi connectivity index (χ1) is 11.8. The molecule has 2 aromatic carbocycles. The molecule has 25 heavy (non-hydrogen) atoms. The van der Waals surface area contributed by atoms with Gasteiger partial charge in [-0.25, -0.2) is 0 Å².